The molecule has 2 aromatic carbocycles. The number of para-hydroxylation sites is 2. The molecule has 2 rings (SSSR count). The number of anilines is 1. The van der Waals surface area contributed by atoms with E-state index in [0.29, 0.717) is 5.75 Å². The van der Waals surface area contributed by atoms with Gasteiger partial charge in [-0.15, -0.1) is 0 Å². The molecule has 0 aliphatic carbocycles. The molecule has 0 heterocycles. The van der Waals surface area contributed by atoms with Crippen molar-refractivity contribution in [3.63, 3.8) is 0 Å². The first-order valence-corrected chi connectivity index (χ1v) is 6.88. The largest absolute Gasteiger partial charge is 0.508 e. The number of rotatable bonds is 5. The van der Waals surface area contributed by atoms with Gasteiger partial charge in [0.05, 0.1) is 6.04 Å². The number of phenols is 1. The molecule has 1 unspecified atom stereocenters. The molecule has 0 radical (unpaired) electrons. The SMILES string of the molecule is CCc1ccccc1NC(CC)c1ccccc1O. The Morgan fingerprint density at radius 3 is 2.37 bits per heavy atom. The molecule has 0 saturated heterocycles. The molecule has 0 saturated carbocycles. The van der Waals surface area contributed by atoms with E-state index in [1.807, 2.05) is 24.3 Å². The van der Waals surface area contributed by atoms with Crippen LogP contribution in [0.3, 0.4) is 0 Å². The average molecular weight is 255 g/mol. The summed E-state index contributed by atoms with van der Waals surface area (Å²) >= 11 is 0. The van der Waals surface area contributed by atoms with Gasteiger partial charge in [0.2, 0.25) is 0 Å². The Morgan fingerprint density at radius 1 is 1.00 bits per heavy atom. The van der Waals surface area contributed by atoms with Crippen LogP contribution in [0.1, 0.15) is 37.4 Å². The maximum atomic E-state index is 9.98. The highest BCUT2D eigenvalue weighted by Gasteiger charge is 2.13. The quantitative estimate of drug-likeness (QED) is 0.823. The van der Waals surface area contributed by atoms with Crippen LogP contribution in [0.25, 0.3) is 0 Å². The Hall–Kier alpha value is -1.96. The van der Waals surface area contributed by atoms with E-state index in [1.54, 1.807) is 6.07 Å². The molecule has 0 aromatic heterocycles. The van der Waals surface area contributed by atoms with E-state index in [1.165, 1.54) is 5.56 Å². The molecule has 0 aliphatic rings. The summed E-state index contributed by atoms with van der Waals surface area (Å²) in [6.07, 6.45) is 1.93. The number of hydrogen-bond donors (Lipinski definition) is 2. The van der Waals surface area contributed by atoms with E-state index in [-0.39, 0.29) is 6.04 Å². The number of nitrogens with one attached hydrogen (secondary N) is 1. The highest BCUT2D eigenvalue weighted by molar-refractivity contribution is 5.53. The lowest BCUT2D eigenvalue weighted by atomic mass is 10.0. The van der Waals surface area contributed by atoms with Crippen LogP contribution >= 0.6 is 0 Å². The zero-order valence-corrected chi connectivity index (χ0v) is 11.6. The van der Waals surface area contributed by atoms with E-state index >= 15 is 0 Å². The van der Waals surface area contributed by atoms with Gasteiger partial charge in [-0.3, -0.25) is 0 Å². The molecule has 2 nitrogen and oxygen atoms in total. The van der Waals surface area contributed by atoms with Gasteiger partial charge < -0.3 is 10.4 Å². The molecule has 0 bridgehead atoms. The predicted octanol–water partition coefficient (Wildman–Crippen LogP) is 4.52. The van der Waals surface area contributed by atoms with Gasteiger partial charge in [-0.2, -0.15) is 0 Å². The van der Waals surface area contributed by atoms with Crippen molar-refractivity contribution < 1.29 is 5.11 Å². The second-order valence-corrected chi connectivity index (χ2v) is 4.67. The van der Waals surface area contributed by atoms with Crippen LogP contribution in [0.2, 0.25) is 0 Å². The van der Waals surface area contributed by atoms with Gasteiger partial charge in [0.1, 0.15) is 5.75 Å². The Bertz CT molecular complexity index is 536. The van der Waals surface area contributed by atoms with Gasteiger partial charge in [-0.25, -0.2) is 0 Å². The zero-order chi connectivity index (χ0) is 13.7. The standard InChI is InChI=1S/C17H21NO/c1-3-13-9-5-7-11-16(13)18-15(4-2)14-10-6-8-12-17(14)19/h5-12,15,18-19H,3-4H2,1-2H3. The lowest BCUT2D eigenvalue weighted by molar-refractivity contribution is 0.462. The van der Waals surface area contributed by atoms with Crippen molar-refractivity contribution in [3.8, 4) is 5.75 Å². The fourth-order valence-electron chi connectivity index (χ4n) is 2.34. The zero-order valence-electron chi connectivity index (χ0n) is 11.6. The number of aromatic hydroxyl groups is 1. The van der Waals surface area contributed by atoms with Crippen molar-refractivity contribution in [2.75, 3.05) is 5.32 Å². The molecule has 0 aliphatic heterocycles. The highest BCUT2D eigenvalue weighted by Crippen LogP contribution is 2.30. The minimum atomic E-state index is 0.133. The smallest absolute Gasteiger partial charge is 0.120 e. The second kappa shape index (κ2) is 6.28. The van der Waals surface area contributed by atoms with Crippen LogP contribution in [0.15, 0.2) is 48.5 Å². The van der Waals surface area contributed by atoms with Gasteiger partial charge in [-0.05, 0) is 30.5 Å². The maximum absolute atomic E-state index is 9.98. The van der Waals surface area contributed by atoms with E-state index in [2.05, 4.69) is 37.4 Å². The van der Waals surface area contributed by atoms with Crippen LogP contribution in [0.4, 0.5) is 5.69 Å². The first-order valence-electron chi connectivity index (χ1n) is 6.88. The number of hydrogen-bond acceptors (Lipinski definition) is 2. The van der Waals surface area contributed by atoms with E-state index in [4.69, 9.17) is 0 Å². The van der Waals surface area contributed by atoms with Crippen molar-refractivity contribution in [2.24, 2.45) is 0 Å². The lowest BCUT2D eigenvalue weighted by Gasteiger charge is -2.21. The summed E-state index contributed by atoms with van der Waals surface area (Å²) in [6, 6.07) is 16.0. The molecular formula is C17H21NO. The fourth-order valence-corrected chi connectivity index (χ4v) is 2.34. The number of benzene rings is 2. The summed E-state index contributed by atoms with van der Waals surface area (Å²) in [5.41, 5.74) is 3.41. The normalized spacial score (nSPS) is 12.1. The van der Waals surface area contributed by atoms with Crippen LogP contribution in [0.5, 0.6) is 5.75 Å². The van der Waals surface area contributed by atoms with Crippen LogP contribution in [-0.2, 0) is 6.42 Å². The molecule has 0 fully saturated rings. The summed E-state index contributed by atoms with van der Waals surface area (Å²) < 4.78 is 0. The predicted molar refractivity (Wildman–Crippen MR) is 80.6 cm³/mol. The molecule has 2 aromatic rings. The lowest BCUT2D eigenvalue weighted by Crippen LogP contribution is -2.11. The molecule has 0 spiro atoms. The highest BCUT2D eigenvalue weighted by atomic mass is 16.3. The van der Waals surface area contributed by atoms with Gasteiger partial charge in [0.15, 0.2) is 0 Å². The van der Waals surface area contributed by atoms with Gasteiger partial charge in [0.25, 0.3) is 0 Å². The maximum Gasteiger partial charge on any atom is 0.120 e. The molecule has 0 amide bonds. The minimum absolute atomic E-state index is 0.133. The van der Waals surface area contributed by atoms with Gasteiger partial charge >= 0.3 is 0 Å². The van der Waals surface area contributed by atoms with E-state index in [9.17, 15) is 5.11 Å². The third kappa shape index (κ3) is 3.08. The summed E-state index contributed by atoms with van der Waals surface area (Å²) in [5, 5.41) is 13.5. The summed E-state index contributed by atoms with van der Waals surface area (Å²) in [4.78, 5) is 0. The molecule has 1 atom stereocenters. The third-order valence-corrected chi connectivity index (χ3v) is 3.45. The van der Waals surface area contributed by atoms with E-state index in [0.717, 1.165) is 24.1 Å². The van der Waals surface area contributed by atoms with Crippen LogP contribution in [-0.4, -0.2) is 5.11 Å². The van der Waals surface area contributed by atoms with Crippen molar-refractivity contribution in [3.05, 3.63) is 59.7 Å². The summed E-state index contributed by atoms with van der Waals surface area (Å²) in [7, 11) is 0. The Morgan fingerprint density at radius 2 is 1.68 bits per heavy atom. The van der Waals surface area contributed by atoms with Gasteiger partial charge in [-0.1, -0.05) is 50.2 Å². The van der Waals surface area contributed by atoms with Crippen molar-refractivity contribution in [2.45, 2.75) is 32.7 Å². The van der Waals surface area contributed by atoms with Gasteiger partial charge in [0, 0.05) is 11.3 Å². The van der Waals surface area contributed by atoms with Crippen molar-refractivity contribution >= 4 is 5.69 Å². The van der Waals surface area contributed by atoms with Crippen molar-refractivity contribution in [1.82, 2.24) is 0 Å². The Kier molecular flexibility index (Phi) is 4.45. The van der Waals surface area contributed by atoms with E-state index < -0.39 is 0 Å². The van der Waals surface area contributed by atoms with Crippen LogP contribution < -0.4 is 5.32 Å². The average Bonchev–Trinajstić information content (AvgIpc) is 2.46. The number of phenolic OH excluding ortho intramolecular Hbond substituents is 1. The molecule has 100 valence electrons. The molecular weight excluding hydrogens is 234 g/mol. The Labute approximate surface area is 115 Å². The van der Waals surface area contributed by atoms with Crippen LogP contribution in [0, 0.1) is 0 Å². The summed E-state index contributed by atoms with van der Waals surface area (Å²) in [5.74, 6) is 0.357. The minimum Gasteiger partial charge on any atom is -0.508 e. The fraction of sp³-hybridized carbons (Fsp3) is 0.294. The second-order valence-electron chi connectivity index (χ2n) is 4.67. The Balaban J connectivity index is 2.27. The third-order valence-electron chi connectivity index (χ3n) is 3.45. The van der Waals surface area contributed by atoms with Crippen molar-refractivity contribution in [1.29, 1.82) is 0 Å². The molecule has 19 heavy (non-hydrogen) atoms. The monoisotopic (exact) mass is 255 g/mol. The first-order chi connectivity index (χ1) is 9.26. The molecule has 2 N–H and O–H groups in total. The topological polar surface area (TPSA) is 32.3 Å². The number of aryl methyl sites for hydroxylation is 1. The summed E-state index contributed by atoms with van der Waals surface area (Å²) in [6.45, 7) is 4.28. The first kappa shape index (κ1) is 13.5. The molecule has 2 heteroatoms.